The van der Waals surface area contributed by atoms with E-state index in [0.29, 0.717) is 0 Å². The van der Waals surface area contributed by atoms with Crippen molar-refractivity contribution in [3.8, 4) is 0 Å². The van der Waals surface area contributed by atoms with Crippen molar-refractivity contribution in [2.45, 2.75) is 32.7 Å². The lowest BCUT2D eigenvalue weighted by molar-refractivity contribution is 0.357. The van der Waals surface area contributed by atoms with Crippen LogP contribution in [0, 0.1) is 0 Å². The quantitative estimate of drug-likeness (QED) is 0.549. The largest absolute Gasteiger partial charge is 0.511 e. The van der Waals surface area contributed by atoms with E-state index < -0.39 is 0 Å². The Bertz CT molecular complexity index is 95.4. The molecule has 0 amide bonds. The third kappa shape index (κ3) is 2.87. The molecule has 0 aliphatic carbocycles. The zero-order valence-corrected chi connectivity index (χ0v) is 6.85. The number of nitrogens with one attached hydrogen (secondary N) is 1. The molecule has 0 bridgehead atoms. The van der Waals surface area contributed by atoms with Crippen LogP contribution >= 0.6 is 0 Å². The van der Waals surface area contributed by atoms with Gasteiger partial charge in [-0.25, -0.2) is 0 Å². The highest BCUT2D eigenvalue weighted by molar-refractivity contribution is 4.97. The predicted octanol–water partition coefficient (Wildman–Crippen LogP) is 1.84. The first kappa shape index (κ1) is 9.50. The fourth-order valence-electron chi connectivity index (χ4n) is 0.969. The maximum absolute atomic E-state index is 8.80. The molecule has 2 nitrogen and oxygen atoms in total. The summed E-state index contributed by atoms with van der Waals surface area (Å²) in [6.45, 7) is 8.45. The summed E-state index contributed by atoms with van der Waals surface area (Å²) in [4.78, 5) is 0. The SMILES string of the molecule is C=C(O)C1CCCN1.CC. The minimum absolute atomic E-state index is 0.176. The molecule has 1 unspecified atom stereocenters. The molecule has 1 rings (SSSR count). The van der Waals surface area contributed by atoms with Gasteiger partial charge in [-0.3, -0.25) is 0 Å². The molecule has 1 saturated heterocycles. The van der Waals surface area contributed by atoms with Gasteiger partial charge in [0.2, 0.25) is 0 Å². The smallest absolute Gasteiger partial charge is 0.102 e. The van der Waals surface area contributed by atoms with Crippen molar-refractivity contribution in [1.82, 2.24) is 5.32 Å². The van der Waals surface area contributed by atoms with E-state index >= 15 is 0 Å². The van der Waals surface area contributed by atoms with E-state index in [1.54, 1.807) is 0 Å². The Kier molecular flexibility index (Phi) is 5.03. The minimum atomic E-state index is 0.176. The third-order valence-electron chi connectivity index (χ3n) is 1.46. The van der Waals surface area contributed by atoms with Crippen molar-refractivity contribution in [2.75, 3.05) is 6.54 Å². The highest BCUT2D eigenvalue weighted by Gasteiger charge is 2.15. The number of hydrogen-bond donors (Lipinski definition) is 2. The zero-order valence-electron chi connectivity index (χ0n) is 6.85. The number of hydrogen-bond acceptors (Lipinski definition) is 2. The van der Waals surface area contributed by atoms with E-state index in [-0.39, 0.29) is 11.8 Å². The summed E-state index contributed by atoms with van der Waals surface area (Å²) in [7, 11) is 0. The van der Waals surface area contributed by atoms with Crippen molar-refractivity contribution in [1.29, 1.82) is 0 Å². The lowest BCUT2D eigenvalue weighted by Crippen LogP contribution is -2.22. The molecule has 1 aliphatic rings. The molecular formula is C8H17NO. The molecule has 0 spiro atoms. The fraction of sp³-hybridized carbons (Fsp3) is 0.750. The molecule has 0 aromatic heterocycles. The molecule has 60 valence electrons. The molecule has 0 aromatic rings. The maximum atomic E-state index is 8.80. The first-order valence-corrected chi connectivity index (χ1v) is 3.92. The van der Waals surface area contributed by atoms with Crippen LogP contribution in [0.15, 0.2) is 12.3 Å². The van der Waals surface area contributed by atoms with E-state index in [4.69, 9.17) is 5.11 Å². The van der Waals surface area contributed by atoms with Gasteiger partial charge in [0.1, 0.15) is 5.76 Å². The summed E-state index contributed by atoms with van der Waals surface area (Å²) >= 11 is 0. The number of aliphatic hydroxyl groups is 1. The summed E-state index contributed by atoms with van der Waals surface area (Å²) in [6.07, 6.45) is 2.19. The molecule has 2 N–H and O–H groups in total. The molecule has 1 aliphatic heterocycles. The lowest BCUT2D eigenvalue weighted by Gasteiger charge is -2.05. The average molecular weight is 143 g/mol. The Morgan fingerprint density at radius 1 is 1.60 bits per heavy atom. The van der Waals surface area contributed by atoms with Gasteiger partial charge in [-0.2, -0.15) is 0 Å². The summed E-state index contributed by atoms with van der Waals surface area (Å²) in [5.41, 5.74) is 0. The van der Waals surface area contributed by atoms with Crippen LogP contribution in [0.2, 0.25) is 0 Å². The first-order valence-electron chi connectivity index (χ1n) is 3.92. The molecule has 2 heteroatoms. The molecule has 0 radical (unpaired) electrons. The normalized spacial score (nSPS) is 23.2. The summed E-state index contributed by atoms with van der Waals surface area (Å²) in [5, 5.41) is 11.9. The standard InChI is InChI=1S/C6H11NO.C2H6/c1-5(8)6-3-2-4-7-6;1-2/h6-8H,1-4H2;1-2H3. The van der Waals surface area contributed by atoms with Crippen LogP contribution in [0.3, 0.4) is 0 Å². The topological polar surface area (TPSA) is 32.3 Å². The molecule has 0 saturated carbocycles. The third-order valence-corrected chi connectivity index (χ3v) is 1.46. The van der Waals surface area contributed by atoms with E-state index in [2.05, 4.69) is 11.9 Å². The Labute approximate surface area is 62.9 Å². The molecule has 1 fully saturated rings. The van der Waals surface area contributed by atoms with Crippen LogP contribution in [0.1, 0.15) is 26.7 Å². The molecule has 0 aromatic carbocycles. The summed E-state index contributed by atoms with van der Waals surface area (Å²) in [6, 6.07) is 0.176. The van der Waals surface area contributed by atoms with Crippen LogP contribution in [0.5, 0.6) is 0 Å². The minimum Gasteiger partial charge on any atom is -0.511 e. The lowest BCUT2D eigenvalue weighted by atomic mass is 10.2. The summed E-state index contributed by atoms with van der Waals surface area (Å²) < 4.78 is 0. The second-order valence-corrected chi connectivity index (χ2v) is 2.14. The average Bonchev–Trinajstić information content (AvgIpc) is 2.42. The van der Waals surface area contributed by atoms with Gasteiger partial charge in [0.15, 0.2) is 0 Å². The van der Waals surface area contributed by atoms with Crippen molar-refractivity contribution < 1.29 is 5.11 Å². The van der Waals surface area contributed by atoms with Gasteiger partial charge >= 0.3 is 0 Å². The number of aliphatic hydroxyl groups excluding tert-OH is 1. The maximum Gasteiger partial charge on any atom is 0.102 e. The van der Waals surface area contributed by atoms with Gasteiger partial charge in [0.25, 0.3) is 0 Å². The van der Waals surface area contributed by atoms with Gasteiger partial charge in [-0.15, -0.1) is 0 Å². The van der Waals surface area contributed by atoms with Crippen molar-refractivity contribution in [2.24, 2.45) is 0 Å². The number of rotatable bonds is 1. The molecule has 10 heavy (non-hydrogen) atoms. The highest BCUT2D eigenvalue weighted by atomic mass is 16.3. The highest BCUT2D eigenvalue weighted by Crippen LogP contribution is 2.09. The second-order valence-electron chi connectivity index (χ2n) is 2.14. The Balaban J connectivity index is 0.000000371. The van der Waals surface area contributed by atoms with Crippen molar-refractivity contribution in [3.05, 3.63) is 12.3 Å². The van der Waals surface area contributed by atoms with Crippen LogP contribution in [0.4, 0.5) is 0 Å². The Morgan fingerprint density at radius 3 is 2.40 bits per heavy atom. The van der Waals surface area contributed by atoms with Crippen LogP contribution in [-0.2, 0) is 0 Å². The van der Waals surface area contributed by atoms with Crippen molar-refractivity contribution >= 4 is 0 Å². The van der Waals surface area contributed by atoms with E-state index in [1.807, 2.05) is 13.8 Å². The van der Waals surface area contributed by atoms with Gasteiger partial charge in [0.05, 0.1) is 6.04 Å². The molecule has 1 atom stereocenters. The zero-order chi connectivity index (χ0) is 7.98. The van der Waals surface area contributed by atoms with Crippen molar-refractivity contribution in [3.63, 3.8) is 0 Å². The Hall–Kier alpha value is -0.500. The summed E-state index contributed by atoms with van der Waals surface area (Å²) in [5.74, 6) is 0.280. The first-order chi connectivity index (χ1) is 4.80. The molecular weight excluding hydrogens is 126 g/mol. The van der Waals surface area contributed by atoms with E-state index in [9.17, 15) is 0 Å². The van der Waals surface area contributed by atoms with Gasteiger partial charge in [-0.05, 0) is 19.4 Å². The predicted molar refractivity (Wildman–Crippen MR) is 44.1 cm³/mol. The van der Waals surface area contributed by atoms with E-state index in [1.165, 1.54) is 0 Å². The van der Waals surface area contributed by atoms with Crippen LogP contribution < -0.4 is 5.32 Å². The second kappa shape index (κ2) is 5.30. The van der Waals surface area contributed by atoms with Gasteiger partial charge < -0.3 is 10.4 Å². The van der Waals surface area contributed by atoms with E-state index in [0.717, 1.165) is 19.4 Å². The van der Waals surface area contributed by atoms with Crippen LogP contribution in [0.25, 0.3) is 0 Å². The van der Waals surface area contributed by atoms with Crippen LogP contribution in [-0.4, -0.2) is 17.7 Å². The monoisotopic (exact) mass is 143 g/mol. The Morgan fingerprint density at radius 2 is 2.20 bits per heavy atom. The molecule has 1 heterocycles. The van der Waals surface area contributed by atoms with Gasteiger partial charge in [-0.1, -0.05) is 20.4 Å². The fourth-order valence-corrected chi connectivity index (χ4v) is 0.969. The van der Waals surface area contributed by atoms with Gasteiger partial charge in [0, 0.05) is 0 Å².